The molecular weight excluding hydrogens is 279 g/mol. The quantitative estimate of drug-likeness (QED) is 0.830. The van der Waals surface area contributed by atoms with Gasteiger partial charge in [0.1, 0.15) is 5.82 Å². The average molecular weight is 300 g/mol. The van der Waals surface area contributed by atoms with Crippen LogP contribution in [0.25, 0.3) is 0 Å². The van der Waals surface area contributed by atoms with Crippen molar-refractivity contribution in [2.75, 3.05) is 17.2 Å². The molecule has 0 spiro atoms. The second kappa shape index (κ2) is 7.59. The summed E-state index contributed by atoms with van der Waals surface area (Å²) >= 11 is 0. The first kappa shape index (κ1) is 16.0. The molecule has 0 aliphatic heterocycles. The highest BCUT2D eigenvalue weighted by atomic mass is 19.1. The van der Waals surface area contributed by atoms with Crippen molar-refractivity contribution in [2.45, 2.75) is 26.2 Å². The van der Waals surface area contributed by atoms with Crippen LogP contribution in [0.15, 0.2) is 48.5 Å². The summed E-state index contributed by atoms with van der Waals surface area (Å²) < 4.78 is 13.4. The van der Waals surface area contributed by atoms with Crippen molar-refractivity contribution >= 4 is 17.3 Å². The van der Waals surface area contributed by atoms with E-state index in [-0.39, 0.29) is 18.1 Å². The molecule has 0 aliphatic rings. The maximum absolute atomic E-state index is 13.4. The molecule has 2 rings (SSSR count). The zero-order chi connectivity index (χ0) is 15.9. The predicted octanol–water partition coefficient (Wildman–Crippen LogP) is 4.39. The van der Waals surface area contributed by atoms with Crippen molar-refractivity contribution in [3.8, 4) is 0 Å². The Morgan fingerprint density at radius 1 is 1.05 bits per heavy atom. The highest BCUT2D eigenvalue weighted by molar-refractivity contribution is 5.91. The van der Waals surface area contributed by atoms with Crippen molar-refractivity contribution < 1.29 is 9.18 Å². The van der Waals surface area contributed by atoms with E-state index in [1.807, 2.05) is 24.3 Å². The molecule has 0 aromatic heterocycles. The fourth-order valence-electron chi connectivity index (χ4n) is 2.24. The summed E-state index contributed by atoms with van der Waals surface area (Å²) in [5, 5.41) is 5.85. The van der Waals surface area contributed by atoms with Gasteiger partial charge in [-0.25, -0.2) is 4.39 Å². The normalized spacial score (nSPS) is 10.5. The highest BCUT2D eigenvalue weighted by Gasteiger charge is 2.09. The van der Waals surface area contributed by atoms with Crippen molar-refractivity contribution in [3.05, 3.63) is 59.9 Å². The van der Waals surface area contributed by atoms with Crippen LogP contribution in [-0.2, 0) is 4.79 Å². The number of nitrogens with one attached hydrogen (secondary N) is 2. The average Bonchev–Trinajstić information content (AvgIpc) is 2.49. The molecule has 3 nitrogen and oxygen atoms in total. The smallest absolute Gasteiger partial charge is 0.226 e. The van der Waals surface area contributed by atoms with Crippen LogP contribution in [0.4, 0.5) is 15.8 Å². The van der Waals surface area contributed by atoms with Crippen LogP contribution >= 0.6 is 0 Å². The van der Waals surface area contributed by atoms with Gasteiger partial charge >= 0.3 is 0 Å². The molecule has 0 fully saturated rings. The number of anilines is 2. The van der Waals surface area contributed by atoms with Crippen LogP contribution in [0.2, 0.25) is 0 Å². The molecule has 4 heteroatoms. The lowest BCUT2D eigenvalue weighted by Gasteiger charge is -2.14. The topological polar surface area (TPSA) is 41.1 Å². The van der Waals surface area contributed by atoms with Crippen molar-refractivity contribution in [3.63, 3.8) is 0 Å². The number of carbonyl (C=O) groups is 1. The molecule has 2 aromatic rings. The summed E-state index contributed by atoms with van der Waals surface area (Å²) in [6.45, 7) is 4.56. The lowest BCUT2D eigenvalue weighted by atomic mass is 10.0. The van der Waals surface area contributed by atoms with Gasteiger partial charge in [-0.1, -0.05) is 44.2 Å². The van der Waals surface area contributed by atoms with Crippen LogP contribution in [0.3, 0.4) is 0 Å². The third-order valence-corrected chi connectivity index (χ3v) is 3.40. The Labute approximate surface area is 130 Å². The molecule has 0 heterocycles. The first-order valence-corrected chi connectivity index (χ1v) is 7.45. The van der Waals surface area contributed by atoms with Crippen LogP contribution in [0.5, 0.6) is 0 Å². The molecule has 0 saturated heterocycles. The van der Waals surface area contributed by atoms with Gasteiger partial charge < -0.3 is 10.6 Å². The molecule has 22 heavy (non-hydrogen) atoms. The third kappa shape index (κ3) is 4.32. The molecular formula is C18H21FN2O. The Morgan fingerprint density at radius 3 is 2.36 bits per heavy atom. The second-order valence-electron chi connectivity index (χ2n) is 5.45. The first-order chi connectivity index (χ1) is 10.6. The Hall–Kier alpha value is -2.36. The Morgan fingerprint density at radius 2 is 1.68 bits per heavy atom. The van der Waals surface area contributed by atoms with Gasteiger partial charge in [-0.15, -0.1) is 0 Å². The van der Waals surface area contributed by atoms with Crippen LogP contribution in [0, 0.1) is 5.82 Å². The Bertz CT molecular complexity index is 640. The number of para-hydroxylation sites is 2. The van der Waals surface area contributed by atoms with Gasteiger partial charge in [-0.2, -0.15) is 0 Å². The highest BCUT2D eigenvalue weighted by Crippen LogP contribution is 2.23. The van der Waals surface area contributed by atoms with E-state index in [0.29, 0.717) is 18.2 Å². The van der Waals surface area contributed by atoms with E-state index in [4.69, 9.17) is 0 Å². The molecule has 0 aliphatic carbocycles. The molecule has 1 amide bonds. The van der Waals surface area contributed by atoms with Gasteiger partial charge in [-0.05, 0) is 29.7 Å². The first-order valence-electron chi connectivity index (χ1n) is 7.45. The van der Waals surface area contributed by atoms with Crippen LogP contribution in [-0.4, -0.2) is 12.5 Å². The second-order valence-corrected chi connectivity index (χ2v) is 5.45. The number of benzene rings is 2. The zero-order valence-corrected chi connectivity index (χ0v) is 12.9. The zero-order valence-electron chi connectivity index (χ0n) is 12.9. The largest absolute Gasteiger partial charge is 0.382 e. The maximum Gasteiger partial charge on any atom is 0.226 e. The van der Waals surface area contributed by atoms with Crippen molar-refractivity contribution in [1.29, 1.82) is 0 Å². The number of amides is 1. The van der Waals surface area contributed by atoms with E-state index in [0.717, 1.165) is 11.3 Å². The fourth-order valence-corrected chi connectivity index (χ4v) is 2.24. The number of rotatable bonds is 6. The Kier molecular flexibility index (Phi) is 5.53. The maximum atomic E-state index is 13.4. The molecule has 0 unspecified atom stereocenters. The third-order valence-electron chi connectivity index (χ3n) is 3.40. The fraction of sp³-hybridized carbons (Fsp3) is 0.278. The van der Waals surface area contributed by atoms with Crippen molar-refractivity contribution in [1.82, 2.24) is 0 Å². The minimum absolute atomic E-state index is 0.0862. The molecule has 0 radical (unpaired) electrons. The predicted molar refractivity (Wildman–Crippen MR) is 88.7 cm³/mol. The van der Waals surface area contributed by atoms with Gasteiger partial charge in [0.25, 0.3) is 0 Å². The monoisotopic (exact) mass is 300 g/mol. The molecule has 2 aromatic carbocycles. The summed E-state index contributed by atoms with van der Waals surface area (Å²) in [5.74, 6) is -0.0574. The summed E-state index contributed by atoms with van der Waals surface area (Å²) in [4.78, 5) is 12.0. The van der Waals surface area contributed by atoms with Gasteiger partial charge in [0.15, 0.2) is 0 Å². The summed E-state index contributed by atoms with van der Waals surface area (Å²) in [7, 11) is 0. The molecule has 0 bridgehead atoms. The number of hydrogen-bond donors (Lipinski definition) is 2. The van der Waals surface area contributed by atoms with Crippen molar-refractivity contribution in [2.24, 2.45) is 0 Å². The van der Waals surface area contributed by atoms with E-state index >= 15 is 0 Å². The van der Waals surface area contributed by atoms with Gasteiger partial charge in [0, 0.05) is 18.7 Å². The summed E-state index contributed by atoms with van der Waals surface area (Å²) in [5.41, 5.74) is 2.36. The minimum atomic E-state index is -0.312. The molecule has 0 saturated carbocycles. The number of carbonyl (C=O) groups excluding carboxylic acids is 1. The summed E-state index contributed by atoms with van der Waals surface area (Å²) in [6.07, 6.45) is 0.279. The van der Waals surface area contributed by atoms with Gasteiger partial charge in [-0.3, -0.25) is 4.79 Å². The standard InChI is InChI=1S/C18H21FN2O/c1-13(2)14-7-3-5-9-16(14)21-18(22)11-12-20-17-10-6-4-8-15(17)19/h3-10,13,20H,11-12H2,1-2H3,(H,21,22). The number of halogens is 1. The van der Waals surface area contributed by atoms with Crippen LogP contribution < -0.4 is 10.6 Å². The minimum Gasteiger partial charge on any atom is -0.382 e. The molecule has 0 atom stereocenters. The number of hydrogen-bond acceptors (Lipinski definition) is 2. The Balaban J connectivity index is 1.88. The van der Waals surface area contributed by atoms with Crippen LogP contribution in [0.1, 0.15) is 31.7 Å². The SMILES string of the molecule is CC(C)c1ccccc1NC(=O)CCNc1ccccc1F. The van der Waals surface area contributed by atoms with E-state index < -0.39 is 0 Å². The van der Waals surface area contributed by atoms with Gasteiger partial charge in [0.2, 0.25) is 5.91 Å². The van der Waals surface area contributed by atoms with E-state index in [9.17, 15) is 9.18 Å². The molecule has 2 N–H and O–H groups in total. The summed E-state index contributed by atoms with van der Waals surface area (Å²) in [6, 6.07) is 14.2. The van der Waals surface area contributed by atoms with Gasteiger partial charge in [0.05, 0.1) is 5.69 Å². The lowest BCUT2D eigenvalue weighted by Crippen LogP contribution is -2.17. The van der Waals surface area contributed by atoms with E-state index in [2.05, 4.69) is 24.5 Å². The molecule has 116 valence electrons. The van der Waals surface area contributed by atoms with E-state index in [1.165, 1.54) is 6.07 Å². The lowest BCUT2D eigenvalue weighted by molar-refractivity contribution is -0.115. The van der Waals surface area contributed by atoms with E-state index in [1.54, 1.807) is 18.2 Å².